The average Bonchev–Trinajstić information content (AvgIpc) is 2.73. The Balaban J connectivity index is 1.59. The first-order valence-corrected chi connectivity index (χ1v) is 6.90. The largest absolute Gasteiger partial charge is 0.490 e. The quantitative estimate of drug-likeness (QED) is 0.927. The summed E-state index contributed by atoms with van der Waals surface area (Å²) in [5.41, 5.74) is 2.37. The van der Waals surface area contributed by atoms with E-state index in [1.807, 2.05) is 18.3 Å². The van der Waals surface area contributed by atoms with Gasteiger partial charge >= 0.3 is 0 Å². The molecule has 0 atom stereocenters. The first kappa shape index (κ1) is 12.9. The average molecular weight is 270 g/mol. The minimum absolute atomic E-state index is 0.722. The predicted octanol–water partition coefficient (Wildman–Crippen LogP) is 2.53. The van der Waals surface area contributed by atoms with Crippen LogP contribution < -0.4 is 14.8 Å². The number of hydrogen-bond acceptors (Lipinski definition) is 4. The van der Waals surface area contributed by atoms with Crippen LogP contribution in [0.15, 0.2) is 42.7 Å². The van der Waals surface area contributed by atoms with Crippen LogP contribution in [-0.2, 0) is 13.1 Å². The van der Waals surface area contributed by atoms with E-state index in [-0.39, 0.29) is 0 Å². The van der Waals surface area contributed by atoms with E-state index >= 15 is 0 Å². The normalized spacial score (nSPS) is 13.8. The third kappa shape index (κ3) is 3.27. The van der Waals surface area contributed by atoms with Crippen molar-refractivity contribution >= 4 is 0 Å². The van der Waals surface area contributed by atoms with Gasteiger partial charge in [-0.3, -0.25) is 4.98 Å². The van der Waals surface area contributed by atoms with E-state index in [0.717, 1.165) is 44.2 Å². The predicted molar refractivity (Wildman–Crippen MR) is 76.8 cm³/mol. The van der Waals surface area contributed by atoms with Gasteiger partial charge in [0, 0.05) is 31.9 Å². The Morgan fingerprint density at radius 3 is 2.70 bits per heavy atom. The highest BCUT2D eigenvalue weighted by Gasteiger charge is 2.10. The van der Waals surface area contributed by atoms with E-state index in [0.29, 0.717) is 0 Å². The molecule has 0 unspecified atom stereocenters. The summed E-state index contributed by atoms with van der Waals surface area (Å²) >= 11 is 0. The highest BCUT2D eigenvalue weighted by atomic mass is 16.5. The molecule has 4 nitrogen and oxygen atoms in total. The van der Waals surface area contributed by atoms with Gasteiger partial charge in [0.1, 0.15) is 0 Å². The summed E-state index contributed by atoms with van der Waals surface area (Å²) in [6, 6.07) is 10.1. The second-order valence-corrected chi connectivity index (χ2v) is 4.80. The molecule has 0 bridgehead atoms. The summed E-state index contributed by atoms with van der Waals surface area (Å²) < 4.78 is 11.3. The van der Waals surface area contributed by atoms with Crippen molar-refractivity contribution < 1.29 is 9.47 Å². The molecule has 0 radical (unpaired) electrons. The molecule has 0 fully saturated rings. The van der Waals surface area contributed by atoms with E-state index in [2.05, 4.69) is 28.5 Å². The summed E-state index contributed by atoms with van der Waals surface area (Å²) in [5, 5.41) is 3.40. The Bertz CT molecular complexity index is 558. The summed E-state index contributed by atoms with van der Waals surface area (Å²) in [6.45, 7) is 3.05. The van der Waals surface area contributed by atoms with Crippen LogP contribution in [0.1, 0.15) is 17.5 Å². The van der Waals surface area contributed by atoms with Crippen molar-refractivity contribution in [3.05, 3.63) is 53.9 Å². The second kappa shape index (κ2) is 6.39. The van der Waals surface area contributed by atoms with Gasteiger partial charge in [0.15, 0.2) is 11.5 Å². The molecule has 1 N–H and O–H groups in total. The summed E-state index contributed by atoms with van der Waals surface area (Å²) in [7, 11) is 0. The molecule has 20 heavy (non-hydrogen) atoms. The number of nitrogens with zero attached hydrogens (tertiary/aromatic N) is 1. The highest BCUT2D eigenvalue weighted by Crippen LogP contribution is 2.30. The number of hydrogen-bond donors (Lipinski definition) is 1. The van der Waals surface area contributed by atoms with E-state index in [1.165, 1.54) is 11.1 Å². The Labute approximate surface area is 118 Å². The first-order chi connectivity index (χ1) is 9.92. The van der Waals surface area contributed by atoms with E-state index < -0.39 is 0 Å². The molecule has 3 rings (SSSR count). The van der Waals surface area contributed by atoms with Crippen LogP contribution in [0.25, 0.3) is 0 Å². The Morgan fingerprint density at radius 2 is 1.85 bits per heavy atom. The lowest BCUT2D eigenvalue weighted by atomic mass is 10.2. The Hall–Kier alpha value is -2.07. The van der Waals surface area contributed by atoms with Gasteiger partial charge in [0.25, 0.3) is 0 Å². The third-order valence-corrected chi connectivity index (χ3v) is 3.19. The molecule has 1 aliphatic heterocycles. The zero-order valence-corrected chi connectivity index (χ0v) is 11.3. The summed E-state index contributed by atoms with van der Waals surface area (Å²) in [5.74, 6) is 1.70. The molecular weight excluding hydrogens is 252 g/mol. The van der Waals surface area contributed by atoms with E-state index in [9.17, 15) is 0 Å². The number of aromatic nitrogens is 1. The zero-order valence-electron chi connectivity index (χ0n) is 11.3. The molecule has 2 heterocycles. The van der Waals surface area contributed by atoms with Crippen LogP contribution in [0.3, 0.4) is 0 Å². The lowest BCUT2D eigenvalue weighted by molar-refractivity contribution is 0.297. The maximum Gasteiger partial charge on any atom is 0.161 e. The van der Waals surface area contributed by atoms with Crippen molar-refractivity contribution in [2.75, 3.05) is 13.2 Å². The van der Waals surface area contributed by atoms with Crippen molar-refractivity contribution in [2.24, 2.45) is 0 Å². The number of fused-ring (bicyclic) bond motifs is 1. The maximum atomic E-state index is 5.69. The number of rotatable bonds is 4. The fourth-order valence-electron chi connectivity index (χ4n) is 2.17. The number of pyridine rings is 1. The highest BCUT2D eigenvalue weighted by molar-refractivity contribution is 5.43. The molecule has 0 aliphatic carbocycles. The Morgan fingerprint density at radius 1 is 1.00 bits per heavy atom. The number of nitrogens with one attached hydrogen (secondary N) is 1. The molecule has 0 spiro atoms. The van der Waals surface area contributed by atoms with Crippen molar-refractivity contribution in [3.63, 3.8) is 0 Å². The van der Waals surface area contributed by atoms with Crippen LogP contribution in [-0.4, -0.2) is 18.2 Å². The van der Waals surface area contributed by atoms with Gasteiger partial charge in [-0.1, -0.05) is 12.1 Å². The molecule has 0 saturated carbocycles. The fraction of sp³-hybridized carbons (Fsp3) is 0.312. The molecule has 0 amide bonds. The maximum absolute atomic E-state index is 5.69. The van der Waals surface area contributed by atoms with Gasteiger partial charge < -0.3 is 14.8 Å². The van der Waals surface area contributed by atoms with Gasteiger partial charge in [-0.05, 0) is 29.3 Å². The van der Waals surface area contributed by atoms with Crippen molar-refractivity contribution in [1.29, 1.82) is 0 Å². The fourth-order valence-corrected chi connectivity index (χ4v) is 2.17. The molecule has 1 aromatic carbocycles. The minimum Gasteiger partial charge on any atom is -0.490 e. The number of benzene rings is 1. The van der Waals surface area contributed by atoms with E-state index in [1.54, 1.807) is 6.20 Å². The van der Waals surface area contributed by atoms with Crippen LogP contribution in [0, 0.1) is 0 Å². The molecule has 1 aliphatic rings. The van der Waals surface area contributed by atoms with E-state index in [4.69, 9.17) is 9.47 Å². The van der Waals surface area contributed by atoms with Crippen LogP contribution in [0.2, 0.25) is 0 Å². The summed E-state index contributed by atoms with van der Waals surface area (Å²) in [4.78, 5) is 4.10. The third-order valence-electron chi connectivity index (χ3n) is 3.19. The van der Waals surface area contributed by atoms with Crippen LogP contribution in [0.5, 0.6) is 11.5 Å². The monoisotopic (exact) mass is 270 g/mol. The molecule has 104 valence electrons. The molecular formula is C16H18N2O2. The number of ether oxygens (including phenoxy) is 2. The van der Waals surface area contributed by atoms with Crippen LogP contribution >= 0.6 is 0 Å². The molecule has 2 aromatic rings. The standard InChI is InChI=1S/C16H18N2O2/c1-3-14(11-17-6-1)12-18-10-13-4-5-15-16(9-13)20-8-2-7-19-15/h1,3-6,9,11,18H,2,7-8,10,12H2. The smallest absolute Gasteiger partial charge is 0.161 e. The van der Waals surface area contributed by atoms with Gasteiger partial charge in [-0.2, -0.15) is 0 Å². The van der Waals surface area contributed by atoms with Gasteiger partial charge in [-0.25, -0.2) is 0 Å². The molecule has 4 heteroatoms. The van der Waals surface area contributed by atoms with Crippen molar-refractivity contribution in [3.8, 4) is 11.5 Å². The van der Waals surface area contributed by atoms with Crippen molar-refractivity contribution in [1.82, 2.24) is 10.3 Å². The minimum atomic E-state index is 0.722. The van der Waals surface area contributed by atoms with Gasteiger partial charge in [-0.15, -0.1) is 0 Å². The summed E-state index contributed by atoms with van der Waals surface area (Å²) in [6.07, 6.45) is 4.59. The lowest BCUT2D eigenvalue weighted by Crippen LogP contribution is -2.12. The molecule has 0 saturated heterocycles. The molecule has 1 aromatic heterocycles. The van der Waals surface area contributed by atoms with Gasteiger partial charge in [0.2, 0.25) is 0 Å². The topological polar surface area (TPSA) is 43.4 Å². The van der Waals surface area contributed by atoms with Crippen LogP contribution in [0.4, 0.5) is 0 Å². The van der Waals surface area contributed by atoms with Gasteiger partial charge in [0.05, 0.1) is 13.2 Å². The Kier molecular flexibility index (Phi) is 4.13. The second-order valence-electron chi connectivity index (χ2n) is 4.80. The van der Waals surface area contributed by atoms with Crippen molar-refractivity contribution in [2.45, 2.75) is 19.5 Å². The SMILES string of the molecule is c1cncc(CNCc2ccc3c(c2)OCCCO3)c1. The zero-order chi connectivity index (χ0) is 13.6. The first-order valence-electron chi connectivity index (χ1n) is 6.90. The lowest BCUT2D eigenvalue weighted by Gasteiger charge is -2.10.